The largest absolute Gasteiger partial charge is 0.494 e. The van der Waals surface area contributed by atoms with E-state index in [1.165, 1.54) is 11.8 Å². The summed E-state index contributed by atoms with van der Waals surface area (Å²) in [4.78, 5) is 11.9. The van der Waals surface area contributed by atoms with Crippen molar-refractivity contribution in [3.8, 4) is 17.6 Å². The van der Waals surface area contributed by atoms with Gasteiger partial charge in [-0.1, -0.05) is 13.0 Å². The highest BCUT2D eigenvalue weighted by atomic mass is 32.2. The van der Waals surface area contributed by atoms with Crippen LogP contribution in [-0.4, -0.2) is 30.6 Å². The normalized spacial score (nSPS) is 10.0. The number of nitriles is 1. The molecule has 0 unspecified atom stereocenters. The molecule has 0 saturated heterocycles. The Balaban J connectivity index is 1.62. The number of carbonyl (C=O) groups excluding carboxylic acids is 1. The predicted octanol–water partition coefficient (Wildman–Crippen LogP) is 4.10. The van der Waals surface area contributed by atoms with Gasteiger partial charge in [0.25, 0.3) is 0 Å². The van der Waals surface area contributed by atoms with Gasteiger partial charge in [0.05, 0.1) is 30.6 Å². The van der Waals surface area contributed by atoms with Gasteiger partial charge in [-0.2, -0.15) is 5.26 Å². The van der Waals surface area contributed by atoms with Crippen LogP contribution in [0.15, 0.2) is 48.5 Å². The molecule has 0 spiro atoms. The second kappa shape index (κ2) is 11.1. The van der Waals surface area contributed by atoms with Crippen LogP contribution in [0.3, 0.4) is 0 Å². The van der Waals surface area contributed by atoms with Crippen LogP contribution in [0.2, 0.25) is 0 Å². The molecule has 0 aliphatic carbocycles. The zero-order valence-electron chi connectivity index (χ0n) is 14.7. The van der Waals surface area contributed by atoms with Gasteiger partial charge in [-0.05, 0) is 48.9 Å². The fraction of sp³-hybridized carbons (Fsp3) is 0.300. The standard InChI is InChI=1S/C20H22N2O3S/c1-2-10-24-18-6-8-19(9-7-18)25-11-12-26-15-20(23)22-17-5-3-4-16(13-17)14-21/h3-9,13H,2,10-12,15H2,1H3,(H,22,23). The average molecular weight is 370 g/mol. The van der Waals surface area contributed by atoms with Crippen molar-refractivity contribution in [1.82, 2.24) is 0 Å². The fourth-order valence-corrected chi connectivity index (χ4v) is 2.70. The lowest BCUT2D eigenvalue weighted by molar-refractivity contribution is -0.113. The van der Waals surface area contributed by atoms with Crippen LogP contribution in [0.5, 0.6) is 11.5 Å². The molecule has 0 aliphatic heterocycles. The van der Waals surface area contributed by atoms with Gasteiger partial charge >= 0.3 is 0 Å². The number of carbonyl (C=O) groups is 1. The molecular weight excluding hydrogens is 348 g/mol. The molecule has 0 atom stereocenters. The molecule has 2 aromatic carbocycles. The molecule has 2 rings (SSSR count). The van der Waals surface area contributed by atoms with E-state index in [1.54, 1.807) is 24.3 Å². The van der Waals surface area contributed by atoms with Gasteiger partial charge < -0.3 is 14.8 Å². The van der Waals surface area contributed by atoms with Crippen LogP contribution in [0.25, 0.3) is 0 Å². The molecule has 26 heavy (non-hydrogen) atoms. The molecule has 0 bridgehead atoms. The van der Waals surface area contributed by atoms with Crippen LogP contribution < -0.4 is 14.8 Å². The molecular formula is C20H22N2O3S. The van der Waals surface area contributed by atoms with Crippen molar-refractivity contribution in [2.75, 3.05) is 30.0 Å². The quantitative estimate of drug-likeness (QED) is 0.638. The summed E-state index contributed by atoms with van der Waals surface area (Å²) in [5.74, 6) is 2.57. The summed E-state index contributed by atoms with van der Waals surface area (Å²) in [7, 11) is 0. The molecule has 1 amide bonds. The zero-order chi connectivity index (χ0) is 18.6. The summed E-state index contributed by atoms with van der Waals surface area (Å²) in [5, 5.41) is 11.6. The minimum absolute atomic E-state index is 0.0949. The number of ether oxygens (including phenoxy) is 2. The molecule has 6 heteroatoms. The topological polar surface area (TPSA) is 71.3 Å². The molecule has 136 valence electrons. The molecule has 0 fully saturated rings. The highest BCUT2D eigenvalue weighted by Crippen LogP contribution is 2.18. The van der Waals surface area contributed by atoms with Crippen LogP contribution in [0.4, 0.5) is 5.69 Å². The first kappa shape index (κ1) is 19.7. The van der Waals surface area contributed by atoms with Gasteiger partial charge in [-0.3, -0.25) is 4.79 Å². The van der Waals surface area contributed by atoms with E-state index >= 15 is 0 Å². The first-order valence-corrected chi connectivity index (χ1v) is 9.60. The number of nitrogens with one attached hydrogen (secondary N) is 1. The van der Waals surface area contributed by atoms with Crippen molar-refractivity contribution in [1.29, 1.82) is 5.26 Å². The van der Waals surface area contributed by atoms with Gasteiger partial charge in [0.15, 0.2) is 0 Å². The maximum absolute atomic E-state index is 11.9. The lowest BCUT2D eigenvalue weighted by Gasteiger charge is -2.08. The second-order valence-electron chi connectivity index (χ2n) is 5.46. The zero-order valence-corrected chi connectivity index (χ0v) is 15.6. The fourth-order valence-electron chi connectivity index (χ4n) is 2.10. The first-order chi connectivity index (χ1) is 12.7. The monoisotopic (exact) mass is 370 g/mol. The van der Waals surface area contributed by atoms with E-state index in [-0.39, 0.29) is 5.91 Å². The third-order valence-corrected chi connectivity index (χ3v) is 4.22. The van der Waals surface area contributed by atoms with E-state index in [1.807, 2.05) is 30.3 Å². The van der Waals surface area contributed by atoms with E-state index < -0.39 is 0 Å². The average Bonchev–Trinajstić information content (AvgIpc) is 2.67. The van der Waals surface area contributed by atoms with E-state index in [4.69, 9.17) is 14.7 Å². The number of hydrogen-bond donors (Lipinski definition) is 1. The smallest absolute Gasteiger partial charge is 0.234 e. The second-order valence-corrected chi connectivity index (χ2v) is 6.57. The van der Waals surface area contributed by atoms with Gasteiger partial charge in [-0.15, -0.1) is 11.8 Å². The minimum Gasteiger partial charge on any atom is -0.494 e. The van der Waals surface area contributed by atoms with Crippen molar-refractivity contribution < 1.29 is 14.3 Å². The highest BCUT2D eigenvalue weighted by molar-refractivity contribution is 7.99. The number of thioether (sulfide) groups is 1. The third-order valence-electron chi connectivity index (χ3n) is 3.30. The highest BCUT2D eigenvalue weighted by Gasteiger charge is 2.04. The number of rotatable bonds is 10. The van der Waals surface area contributed by atoms with Crippen molar-refractivity contribution in [2.24, 2.45) is 0 Å². The Morgan fingerprint density at radius 3 is 2.46 bits per heavy atom. The van der Waals surface area contributed by atoms with Gasteiger partial charge in [0.1, 0.15) is 11.5 Å². The molecule has 0 aliphatic rings. The SMILES string of the molecule is CCCOc1ccc(OCCSCC(=O)Nc2cccc(C#N)c2)cc1. The van der Waals surface area contributed by atoms with Crippen LogP contribution in [0, 0.1) is 11.3 Å². The Morgan fingerprint density at radius 2 is 1.81 bits per heavy atom. The molecule has 0 aromatic heterocycles. The predicted molar refractivity (Wildman–Crippen MR) is 105 cm³/mol. The summed E-state index contributed by atoms with van der Waals surface area (Å²) in [5.41, 5.74) is 1.16. The van der Waals surface area contributed by atoms with Crippen LogP contribution in [0.1, 0.15) is 18.9 Å². The lowest BCUT2D eigenvalue weighted by Crippen LogP contribution is -2.15. The molecule has 0 heterocycles. The molecule has 1 N–H and O–H groups in total. The van der Waals surface area contributed by atoms with E-state index in [2.05, 4.69) is 12.2 Å². The van der Waals surface area contributed by atoms with Crippen molar-refractivity contribution in [3.05, 3.63) is 54.1 Å². The Morgan fingerprint density at radius 1 is 1.12 bits per heavy atom. The Labute approximate surface area is 158 Å². The van der Waals surface area contributed by atoms with Crippen molar-refractivity contribution in [3.63, 3.8) is 0 Å². The summed E-state index contributed by atoms with van der Waals surface area (Å²) < 4.78 is 11.2. The van der Waals surface area contributed by atoms with Crippen LogP contribution >= 0.6 is 11.8 Å². The minimum atomic E-state index is -0.0949. The Hall–Kier alpha value is -2.65. The van der Waals surface area contributed by atoms with Gasteiger partial charge in [0.2, 0.25) is 5.91 Å². The Bertz CT molecular complexity index is 741. The molecule has 2 aromatic rings. The summed E-state index contributed by atoms with van der Waals surface area (Å²) >= 11 is 1.50. The van der Waals surface area contributed by atoms with Crippen molar-refractivity contribution >= 4 is 23.4 Å². The number of amides is 1. The van der Waals surface area contributed by atoms with E-state index in [9.17, 15) is 4.79 Å². The Kier molecular flexibility index (Phi) is 8.37. The van der Waals surface area contributed by atoms with Gasteiger partial charge in [-0.25, -0.2) is 0 Å². The molecule has 5 nitrogen and oxygen atoms in total. The van der Waals surface area contributed by atoms with Gasteiger partial charge in [0, 0.05) is 11.4 Å². The lowest BCUT2D eigenvalue weighted by atomic mass is 10.2. The maximum Gasteiger partial charge on any atom is 0.234 e. The molecule has 0 saturated carbocycles. The number of nitrogens with zero attached hydrogens (tertiary/aromatic N) is 1. The van der Waals surface area contributed by atoms with E-state index in [0.29, 0.717) is 36.0 Å². The number of hydrogen-bond acceptors (Lipinski definition) is 5. The number of anilines is 1. The van der Waals surface area contributed by atoms with E-state index in [0.717, 1.165) is 17.9 Å². The third kappa shape index (κ3) is 7.08. The summed E-state index contributed by atoms with van der Waals surface area (Å²) in [6.07, 6.45) is 0.979. The van der Waals surface area contributed by atoms with Crippen molar-refractivity contribution in [2.45, 2.75) is 13.3 Å². The maximum atomic E-state index is 11.9. The number of benzene rings is 2. The summed E-state index contributed by atoms with van der Waals surface area (Å²) in [6, 6.07) is 16.4. The van der Waals surface area contributed by atoms with Crippen LogP contribution in [-0.2, 0) is 4.79 Å². The summed E-state index contributed by atoms with van der Waals surface area (Å²) in [6.45, 7) is 3.30. The molecule has 0 radical (unpaired) electrons. The first-order valence-electron chi connectivity index (χ1n) is 8.44.